The second-order valence-electron chi connectivity index (χ2n) is 19.8. The molecular formula is C55H68N14O10S2. The second kappa shape index (κ2) is 29.3. The summed E-state index contributed by atoms with van der Waals surface area (Å²) >= 11 is 2.60. The first-order chi connectivity index (χ1) is 39.0. The van der Waals surface area contributed by atoms with Gasteiger partial charge >= 0.3 is 12.1 Å². The number of aromatic amines is 1. The number of aromatic nitrogens is 3. The van der Waals surface area contributed by atoms with Crippen LogP contribution in [0.25, 0.3) is 21.3 Å². The Morgan fingerprint density at radius 3 is 2.10 bits per heavy atom. The lowest BCUT2D eigenvalue weighted by Crippen LogP contribution is -2.58. The number of nitrogens with two attached hydrogens (primary N) is 1. The van der Waals surface area contributed by atoms with Crippen molar-refractivity contribution in [2.75, 3.05) is 51.9 Å². The number of thioether (sulfide) groups is 1. The molecule has 26 heteroatoms. The predicted octanol–water partition coefficient (Wildman–Crippen LogP) is 3.39. The van der Waals surface area contributed by atoms with Crippen LogP contribution in [0.4, 0.5) is 10.5 Å². The van der Waals surface area contributed by atoms with Crippen molar-refractivity contribution < 1.29 is 48.2 Å². The van der Waals surface area contributed by atoms with Gasteiger partial charge in [0.25, 0.3) is 0 Å². The fourth-order valence-electron chi connectivity index (χ4n) is 9.22. The number of hydrogen-bond acceptors (Lipinski definition) is 16. The molecule has 1 aliphatic carbocycles. The molecule has 3 aromatic carbocycles. The van der Waals surface area contributed by atoms with Crippen molar-refractivity contribution in [1.29, 1.82) is 0 Å². The van der Waals surface area contributed by atoms with Gasteiger partial charge < -0.3 is 57.4 Å². The lowest BCUT2D eigenvalue weighted by Gasteiger charge is -2.27. The number of hydrogen-bond donors (Lipinski definition) is 10. The second-order valence-corrected chi connectivity index (χ2v) is 21.8. The van der Waals surface area contributed by atoms with Gasteiger partial charge in [-0.2, -0.15) is 0 Å². The fourth-order valence-corrected chi connectivity index (χ4v) is 11.3. The number of benzene rings is 3. The highest BCUT2D eigenvalue weighted by atomic mass is 32.2. The number of H-pyrrole nitrogens is 1. The van der Waals surface area contributed by atoms with Crippen molar-refractivity contribution in [1.82, 2.24) is 51.8 Å². The summed E-state index contributed by atoms with van der Waals surface area (Å²) < 4.78 is 6.49. The van der Waals surface area contributed by atoms with Crippen LogP contribution < -0.4 is 43.0 Å². The SMILES string of the molecule is CN=C(N)NC(=O)CC[C@H](NC(=O)OCC1c2ccccc2-c2ccccc21)C(=O)N[C@@H](Cc1cnc[nH]1)C(=O)N[C@@H](CCCCN(C)C)C(=O)N[C@@H](CCCCNC(C)=O)C(=O)Nc1ccc2nc(C3=N[C@@H](C(=O)O)CS3)sc2c1. The summed E-state index contributed by atoms with van der Waals surface area (Å²) in [6.45, 7) is 2.34. The average molecular weight is 1150 g/mol. The van der Waals surface area contributed by atoms with E-state index in [0.29, 0.717) is 76.2 Å². The number of carbonyl (C=O) groups is 8. The van der Waals surface area contributed by atoms with E-state index >= 15 is 0 Å². The van der Waals surface area contributed by atoms with E-state index in [0.717, 1.165) is 22.3 Å². The summed E-state index contributed by atoms with van der Waals surface area (Å²) in [5.41, 5.74) is 11.2. The van der Waals surface area contributed by atoms with Crippen molar-refractivity contribution >= 4 is 97.5 Å². The Bertz CT molecular complexity index is 3090. The number of carbonyl (C=O) groups excluding carboxylic acids is 7. The highest BCUT2D eigenvalue weighted by Gasteiger charge is 2.34. The minimum absolute atomic E-state index is 0.0702. The van der Waals surface area contributed by atoms with Crippen molar-refractivity contribution in [2.24, 2.45) is 15.7 Å². The fraction of sp³-hybridized carbons (Fsp3) is 0.418. The van der Waals surface area contributed by atoms with Gasteiger partial charge in [-0.15, -0.1) is 23.1 Å². The minimum Gasteiger partial charge on any atom is -0.480 e. The molecule has 81 heavy (non-hydrogen) atoms. The first-order valence-electron chi connectivity index (χ1n) is 26.5. The van der Waals surface area contributed by atoms with E-state index in [1.54, 1.807) is 18.2 Å². The van der Waals surface area contributed by atoms with Crippen LogP contribution in [-0.2, 0) is 44.7 Å². The smallest absolute Gasteiger partial charge is 0.407 e. The van der Waals surface area contributed by atoms with Crippen LogP contribution in [0.1, 0.15) is 86.0 Å². The molecule has 24 nitrogen and oxygen atoms in total. The number of aliphatic carboxylic acids is 1. The quantitative estimate of drug-likeness (QED) is 0.0195. The van der Waals surface area contributed by atoms with Crippen LogP contribution in [0.5, 0.6) is 0 Å². The maximum Gasteiger partial charge on any atom is 0.407 e. The molecule has 3 heterocycles. The summed E-state index contributed by atoms with van der Waals surface area (Å²) in [5.74, 6) is -4.83. The Morgan fingerprint density at radius 2 is 1.47 bits per heavy atom. The summed E-state index contributed by atoms with van der Waals surface area (Å²) in [5, 5.41) is 29.6. The number of thiazole rings is 1. The monoisotopic (exact) mass is 1150 g/mol. The summed E-state index contributed by atoms with van der Waals surface area (Å²) in [4.78, 5) is 129. The molecule has 0 unspecified atom stereocenters. The standard InChI is InChI=1S/C55H68N14O10S2/c1-31(70)59-23-11-9-17-40(47(72)61-32-19-20-39-45(26-32)81-52(65-39)51-66-44(29-80-51)53(76)77)62-48(73)41(18-10-12-24-69(3)4)63-50(75)43(25-33-27-58-30-60-33)64-49(74)42(21-22-46(71)68-54(56)57-2)67-55(78)79-28-38-36-15-7-5-13-34(36)35-14-6-8-16-37(35)38/h5-8,13-16,19-20,26-27,30,38,40-44H,9-12,17-18,21-25,28-29H2,1-4H3,(H,58,60)(H,59,70)(H,61,72)(H,62,73)(H,63,75)(H,64,74)(H,67,78)(H,76,77)(H3,56,57,68,71)/t40-,41-,42-,43-,44+/m0/s1. The number of unbranched alkanes of at least 4 members (excludes halogenated alkanes) is 2. The zero-order valence-electron chi connectivity index (χ0n) is 45.4. The van der Waals surface area contributed by atoms with Crippen LogP contribution >= 0.6 is 23.1 Å². The molecule has 0 fully saturated rings. The van der Waals surface area contributed by atoms with Gasteiger partial charge in [0.2, 0.25) is 35.4 Å². The topological polar surface area (TPSA) is 346 Å². The number of carboxylic acids is 1. The molecule has 0 bridgehead atoms. The molecule has 0 radical (unpaired) electrons. The van der Waals surface area contributed by atoms with Gasteiger partial charge in [-0.1, -0.05) is 48.5 Å². The maximum absolute atomic E-state index is 14.7. The van der Waals surface area contributed by atoms with Crippen LogP contribution in [-0.4, -0.2) is 160 Å². The Morgan fingerprint density at radius 1 is 0.827 bits per heavy atom. The number of alkyl carbamates (subject to hydrolysis) is 1. The van der Waals surface area contributed by atoms with Gasteiger partial charge in [-0.05, 0) is 106 Å². The van der Waals surface area contributed by atoms with Gasteiger partial charge in [0.15, 0.2) is 12.0 Å². The number of nitrogens with one attached hydrogen (secondary N) is 8. The molecule has 430 valence electrons. The van der Waals surface area contributed by atoms with Gasteiger partial charge in [0.1, 0.15) is 40.8 Å². The van der Waals surface area contributed by atoms with Crippen LogP contribution in [0.2, 0.25) is 0 Å². The normalized spacial score (nSPS) is 15.3. The molecule has 1 aliphatic heterocycles. The van der Waals surface area contributed by atoms with Crippen LogP contribution in [0.15, 0.2) is 89.2 Å². The molecule has 7 amide bonds. The van der Waals surface area contributed by atoms with Crippen molar-refractivity contribution in [3.63, 3.8) is 0 Å². The lowest BCUT2D eigenvalue weighted by atomic mass is 9.98. The van der Waals surface area contributed by atoms with Crippen molar-refractivity contribution in [2.45, 2.75) is 101 Å². The number of nitrogens with zero attached hydrogens (tertiary/aromatic N) is 5. The van der Waals surface area contributed by atoms with Crippen molar-refractivity contribution in [3.05, 3.63) is 101 Å². The molecule has 2 aliphatic rings. The average Bonchev–Trinajstić information content (AvgIpc) is 4.50. The Hall–Kier alpha value is -8.23. The zero-order valence-corrected chi connectivity index (χ0v) is 47.0. The number of guanidine groups is 1. The van der Waals surface area contributed by atoms with E-state index in [4.69, 9.17) is 10.5 Å². The number of aliphatic imine (C=N–C) groups is 2. The molecule has 0 saturated carbocycles. The van der Waals surface area contributed by atoms with Crippen molar-refractivity contribution in [3.8, 4) is 11.1 Å². The highest BCUT2D eigenvalue weighted by Crippen LogP contribution is 2.44. The molecule has 0 spiro atoms. The molecule has 5 aromatic rings. The minimum atomic E-state index is -1.43. The first-order valence-corrected chi connectivity index (χ1v) is 28.3. The van der Waals surface area contributed by atoms with Gasteiger partial charge in [-0.3, -0.25) is 44.1 Å². The third-order valence-electron chi connectivity index (χ3n) is 13.4. The molecule has 0 saturated heterocycles. The third kappa shape index (κ3) is 17.4. The third-order valence-corrected chi connectivity index (χ3v) is 15.6. The molecule has 11 N–H and O–H groups in total. The molecule has 2 aromatic heterocycles. The Kier molecular flexibility index (Phi) is 21.8. The van der Waals surface area contributed by atoms with E-state index in [9.17, 15) is 43.5 Å². The number of rotatable bonds is 28. The van der Waals surface area contributed by atoms with E-state index < -0.39 is 71.8 Å². The number of fused-ring (bicyclic) bond motifs is 4. The summed E-state index contributed by atoms with van der Waals surface area (Å²) in [7, 11) is 5.21. The zero-order chi connectivity index (χ0) is 58.0. The van der Waals surface area contributed by atoms with E-state index in [1.165, 1.54) is 49.6 Å². The number of ether oxygens (including phenoxy) is 1. The first kappa shape index (κ1) is 60.4. The van der Waals surface area contributed by atoms with E-state index in [-0.39, 0.29) is 56.5 Å². The van der Waals surface area contributed by atoms with Crippen LogP contribution in [0, 0.1) is 0 Å². The van der Waals surface area contributed by atoms with Gasteiger partial charge in [-0.25, -0.2) is 19.6 Å². The molecular weight excluding hydrogens is 1080 g/mol. The predicted molar refractivity (Wildman–Crippen MR) is 309 cm³/mol. The Labute approximate surface area is 476 Å². The van der Waals surface area contributed by atoms with Gasteiger partial charge in [0, 0.05) is 62.6 Å². The summed E-state index contributed by atoms with van der Waals surface area (Å²) in [6, 6.07) is 14.7. The lowest BCUT2D eigenvalue weighted by molar-refractivity contribution is -0.137. The number of carboxylic acid groups (broad SMARTS) is 1. The van der Waals surface area contributed by atoms with Gasteiger partial charge in [0.05, 0.1) is 16.5 Å². The number of anilines is 1. The van der Waals surface area contributed by atoms with E-state index in [1.807, 2.05) is 67.5 Å². The molecule has 7 rings (SSSR count). The summed E-state index contributed by atoms with van der Waals surface area (Å²) in [6.07, 6.45) is 3.52. The van der Waals surface area contributed by atoms with Crippen LogP contribution in [0.3, 0.4) is 0 Å². The maximum atomic E-state index is 14.7. The largest absolute Gasteiger partial charge is 0.480 e. The highest BCUT2D eigenvalue weighted by molar-refractivity contribution is 8.15. The number of imidazole rings is 1. The van der Waals surface area contributed by atoms with E-state index in [2.05, 4.69) is 62.2 Å². The number of amides is 7. The Balaban J connectivity index is 1.09. The molecule has 5 atom stereocenters.